The van der Waals surface area contributed by atoms with E-state index in [2.05, 4.69) is 21.3 Å². The molecule has 8 heteroatoms. The first kappa shape index (κ1) is 29.1. The van der Waals surface area contributed by atoms with Gasteiger partial charge in [-0.05, 0) is 78.6 Å². The van der Waals surface area contributed by atoms with Crippen LogP contribution < -0.4 is 21.3 Å². The number of carbonyl (C=O) groups is 2. The van der Waals surface area contributed by atoms with Crippen LogP contribution in [-0.2, 0) is 9.47 Å². The van der Waals surface area contributed by atoms with E-state index in [0.717, 1.165) is 22.5 Å². The smallest absolute Gasteiger partial charge is 0.319 e. The summed E-state index contributed by atoms with van der Waals surface area (Å²) in [6.07, 6.45) is 1.33. The number of urea groups is 2. The number of hydrogen-bond acceptors (Lipinski definition) is 4. The summed E-state index contributed by atoms with van der Waals surface area (Å²) >= 11 is 0. The summed E-state index contributed by atoms with van der Waals surface area (Å²) in [5, 5.41) is 11.4. The van der Waals surface area contributed by atoms with Crippen LogP contribution in [0.5, 0.6) is 0 Å². The molecule has 0 heterocycles. The maximum atomic E-state index is 12.1. The topological polar surface area (TPSA) is 101 Å². The Morgan fingerprint density at radius 1 is 0.639 bits per heavy atom. The third-order valence-electron chi connectivity index (χ3n) is 5.71. The molecule has 0 bridgehead atoms. The Balaban J connectivity index is 1.57. The van der Waals surface area contributed by atoms with Gasteiger partial charge in [-0.25, -0.2) is 9.59 Å². The van der Waals surface area contributed by atoms with Crippen LogP contribution in [0.1, 0.15) is 51.7 Å². The molecule has 0 aliphatic heterocycles. The molecule has 4 amide bonds. The van der Waals surface area contributed by atoms with E-state index in [9.17, 15) is 9.59 Å². The van der Waals surface area contributed by atoms with Crippen molar-refractivity contribution in [1.29, 1.82) is 0 Å². The minimum absolute atomic E-state index is 0.235. The molecule has 2 rings (SSSR count). The Bertz CT molecular complexity index is 877. The van der Waals surface area contributed by atoms with Crippen molar-refractivity contribution < 1.29 is 19.1 Å². The molecular formula is C28H42N4O4. The van der Waals surface area contributed by atoms with Gasteiger partial charge in [0.25, 0.3) is 0 Å². The highest BCUT2D eigenvalue weighted by Gasteiger charge is 2.21. The van der Waals surface area contributed by atoms with Gasteiger partial charge in [0.1, 0.15) is 0 Å². The van der Waals surface area contributed by atoms with E-state index in [4.69, 9.17) is 9.47 Å². The lowest BCUT2D eigenvalue weighted by molar-refractivity contribution is -0.0877. The number of nitrogens with one attached hydrogen (secondary N) is 4. The highest BCUT2D eigenvalue weighted by molar-refractivity contribution is 5.89. The quantitative estimate of drug-likeness (QED) is 0.269. The van der Waals surface area contributed by atoms with E-state index >= 15 is 0 Å². The van der Waals surface area contributed by atoms with Crippen molar-refractivity contribution in [3.8, 4) is 0 Å². The second-order valence-corrected chi connectivity index (χ2v) is 10.2. The second-order valence-electron chi connectivity index (χ2n) is 10.2. The average Bonchev–Trinajstić information content (AvgIpc) is 2.80. The van der Waals surface area contributed by atoms with E-state index in [1.165, 1.54) is 0 Å². The van der Waals surface area contributed by atoms with Crippen LogP contribution in [-0.4, -0.2) is 49.6 Å². The Hall–Kier alpha value is -3.10. The number of benzene rings is 2. The van der Waals surface area contributed by atoms with E-state index in [-0.39, 0.29) is 12.1 Å². The van der Waals surface area contributed by atoms with Gasteiger partial charge < -0.3 is 30.7 Å². The largest absolute Gasteiger partial charge is 0.373 e. The van der Waals surface area contributed by atoms with Gasteiger partial charge in [0.2, 0.25) is 0 Å². The van der Waals surface area contributed by atoms with Crippen molar-refractivity contribution in [3.63, 3.8) is 0 Å². The zero-order chi connectivity index (χ0) is 26.6. The van der Waals surface area contributed by atoms with Gasteiger partial charge in [-0.15, -0.1) is 0 Å². The number of carbonyl (C=O) groups excluding carboxylic acids is 2. The summed E-state index contributed by atoms with van der Waals surface area (Å²) in [6.45, 7) is 13.8. The fraction of sp³-hybridized carbons (Fsp3) is 0.500. The third-order valence-corrected chi connectivity index (χ3v) is 5.71. The number of ether oxygens (including phenoxy) is 2. The van der Waals surface area contributed by atoms with Crippen LogP contribution in [0.4, 0.5) is 21.0 Å². The maximum absolute atomic E-state index is 12.1. The number of anilines is 2. The molecule has 2 aromatic carbocycles. The van der Waals surface area contributed by atoms with Crippen molar-refractivity contribution in [2.75, 3.05) is 36.9 Å². The van der Waals surface area contributed by atoms with Crippen LogP contribution in [0, 0.1) is 13.8 Å². The molecule has 0 atom stereocenters. The molecule has 0 radical (unpaired) electrons. The first-order chi connectivity index (χ1) is 16.9. The number of aryl methyl sites for hydroxylation is 2. The normalized spacial score (nSPS) is 11.6. The highest BCUT2D eigenvalue weighted by atomic mass is 16.5. The molecule has 0 saturated heterocycles. The van der Waals surface area contributed by atoms with E-state index < -0.39 is 11.2 Å². The van der Waals surface area contributed by atoms with Crippen molar-refractivity contribution in [1.82, 2.24) is 10.6 Å². The van der Waals surface area contributed by atoms with Gasteiger partial charge >= 0.3 is 12.1 Å². The van der Waals surface area contributed by atoms with Crippen LogP contribution >= 0.6 is 0 Å². The monoisotopic (exact) mass is 498 g/mol. The zero-order valence-corrected chi connectivity index (χ0v) is 22.5. The SMILES string of the molecule is Cc1ccc(NC(=O)NCCC(C)(C)OCCOC(C)(C)CCNC(=O)Nc2ccc(C)cc2)cc1. The zero-order valence-electron chi connectivity index (χ0n) is 22.5. The predicted octanol–water partition coefficient (Wildman–Crippen LogP) is 5.62. The molecule has 0 aromatic heterocycles. The molecule has 0 aliphatic carbocycles. The number of rotatable bonds is 13. The molecule has 8 nitrogen and oxygen atoms in total. The lowest BCUT2D eigenvalue weighted by atomic mass is 10.1. The fourth-order valence-electron chi connectivity index (χ4n) is 3.36. The van der Waals surface area contributed by atoms with Crippen molar-refractivity contribution in [2.24, 2.45) is 0 Å². The Morgan fingerprint density at radius 2 is 0.972 bits per heavy atom. The molecule has 0 unspecified atom stereocenters. The lowest BCUT2D eigenvalue weighted by Gasteiger charge is -2.28. The Morgan fingerprint density at radius 3 is 1.31 bits per heavy atom. The minimum Gasteiger partial charge on any atom is -0.373 e. The Kier molecular flexibility index (Phi) is 11.2. The fourth-order valence-corrected chi connectivity index (χ4v) is 3.36. The van der Waals surface area contributed by atoms with Gasteiger partial charge in [0.05, 0.1) is 24.4 Å². The first-order valence-electron chi connectivity index (χ1n) is 12.5. The van der Waals surface area contributed by atoms with Gasteiger partial charge in [-0.2, -0.15) is 0 Å². The molecule has 0 fully saturated rings. The molecule has 4 N–H and O–H groups in total. The first-order valence-corrected chi connectivity index (χ1v) is 12.5. The number of amides is 4. The summed E-state index contributed by atoms with van der Waals surface area (Å²) in [6, 6.07) is 14.8. The lowest BCUT2D eigenvalue weighted by Crippen LogP contribution is -2.37. The predicted molar refractivity (Wildman–Crippen MR) is 146 cm³/mol. The van der Waals surface area contributed by atoms with Crippen LogP contribution in [0.15, 0.2) is 48.5 Å². The minimum atomic E-state index is -0.403. The second kappa shape index (κ2) is 13.8. The molecule has 36 heavy (non-hydrogen) atoms. The summed E-state index contributed by atoms with van der Waals surface area (Å²) < 4.78 is 12.0. The van der Waals surface area contributed by atoms with Crippen LogP contribution in [0.3, 0.4) is 0 Å². The van der Waals surface area contributed by atoms with E-state index in [0.29, 0.717) is 39.1 Å². The van der Waals surface area contributed by atoms with E-state index in [1.807, 2.05) is 90.1 Å². The van der Waals surface area contributed by atoms with Crippen LogP contribution in [0.2, 0.25) is 0 Å². The van der Waals surface area contributed by atoms with Gasteiger partial charge in [0.15, 0.2) is 0 Å². The standard InChI is InChI=1S/C28H42N4O4/c1-21-7-11-23(12-8-21)31-25(33)29-17-15-27(3,4)35-19-20-36-28(5,6)16-18-30-26(34)32-24-13-9-22(2)10-14-24/h7-14H,15-20H2,1-6H3,(H2,29,31,33)(H2,30,32,34). The molecule has 0 spiro atoms. The van der Waals surface area contributed by atoms with Gasteiger partial charge in [-0.3, -0.25) is 0 Å². The van der Waals surface area contributed by atoms with Crippen molar-refractivity contribution >= 4 is 23.4 Å². The summed E-state index contributed by atoms with van der Waals surface area (Å²) in [5.74, 6) is 0. The summed E-state index contributed by atoms with van der Waals surface area (Å²) in [7, 11) is 0. The van der Waals surface area contributed by atoms with Crippen LogP contribution in [0.25, 0.3) is 0 Å². The molecule has 198 valence electrons. The highest BCUT2D eigenvalue weighted by Crippen LogP contribution is 2.17. The van der Waals surface area contributed by atoms with Crippen molar-refractivity contribution in [3.05, 3.63) is 59.7 Å². The van der Waals surface area contributed by atoms with Gasteiger partial charge in [-0.1, -0.05) is 35.4 Å². The third kappa shape index (κ3) is 12.0. The summed E-state index contributed by atoms with van der Waals surface area (Å²) in [4.78, 5) is 24.1. The average molecular weight is 499 g/mol. The number of hydrogen-bond donors (Lipinski definition) is 4. The Labute approximate surface area is 215 Å². The molecular weight excluding hydrogens is 456 g/mol. The summed E-state index contributed by atoms with van der Waals surface area (Å²) in [5.41, 5.74) is 3.00. The van der Waals surface area contributed by atoms with E-state index in [1.54, 1.807) is 0 Å². The molecule has 0 saturated carbocycles. The maximum Gasteiger partial charge on any atom is 0.319 e. The molecule has 2 aromatic rings. The van der Waals surface area contributed by atoms with Crippen molar-refractivity contribution in [2.45, 2.75) is 65.6 Å². The van der Waals surface area contributed by atoms with Gasteiger partial charge in [0, 0.05) is 24.5 Å². The molecule has 0 aliphatic rings.